The minimum atomic E-state index is 0. The van der Waals surface area contributed by atoms with E-state index in [0.717, 1.165) is 49.0 Å². The topological polar surface area (TPSA) is 42.5 Å². The van der Waals surface area contributed by atoms with Gasteiger partial charge >= 0.3 is 0 Å². The maximum absolute atomic E-state index is 6.15. The zero-order valence-corrected chi connectivity index (χ0v) is 20.4. The highest BCUT2D eigenvalue weighted by atomic mass is 35.5. The molecule has 2 rings (SSSR count). The van der Waals surface area contributed by atoms with Crippen molar-refractivity contribution >= 4 is 36.4 Å². The van der Waals surface area contributed by atoms with Crippen molar-refractivity contribution in [2.45, 2.75) is 32.3 Å². The minimum absolute atomic E-state index is 0. The van der Waals surface area contributed by atoms with Gasteiger partial charge in [0.05, 0.1) is 6.10 Å². The van der Waals surface area contributed by atoms with Crippen LogP contribution in [0, 0.1) is 0 Å². The molecule has 2 unspecified atom stereocenters. The third kappa shape index (κ3) is 10.3. The summed E-state index contributed by atoms with van der Waals surface area (Å²) in [7, 11) is 1.92. The molecule has 0 aromatic heterocycles. The Labute approximate surface area is 198 Å². The van der Waals surface area contributed by atoms with Crippen LogP contribution in [0.3, 0.4) is 0 Å². The molecule has 0 bridgehead atoms. The van der Waals surface area contributed by atoms with Crippen LogP contribution < -0.4 is 15.4 Å². The van der Waals surface area contributed by atoms with E-state index in [-0.39, 0.29) is 30.9 Å². The highest BCUT2D eigenvalue weighted by Gasteiger charge is 2.13. The van der Waals surface area contributed by atoms with E-state index in [9.17, 15) is 0 Å². The number of likely N-dealkylation sites (N-methyl/N-ethyl adjacent to an activating group) is 1. The Morgan fingerprint density at radius 3 is 2.33 bits per heavy atom. The first-order valence-electron chi connectivity index (χ1n) is 10.1. The van der Waals surface area contributed by atoms with Gasteiger partial charge in [0.1, 0.15) is 12.4 Å². The summed E-state index contributed by atoms with van der Waals surface area (Å²) in [4.78, 5) is 0. The Hall–Kier alpha value is -1.01. The van der Waals surface area contributed by atoms with E-state index in [4.69, 9.17) is 21.1 Å². The Balaban J connectivity index is 0.00000420. The maximum Gasteiger partial charge on any atom is 0.119 e. The highest BCUT2D eigenvalue weighted by Crippen LogP contribution is 2.22. The SMILES string of the molecule is CCCOC(CNCC(C)c1ccc(OCCNC)cc1)c1cccc(Cl)c1.Cl.Cl. The molecule has 0 aliphatic carbocycles. The quantitative estimate of drug-likeness (QED) is 0.366. The largest absolute Gasteiger partial charge is 0.492 e. The second-order valence-corrected chi connectivity index (χ2v) is 7.43. The van der Waals surface area contributed by atoms with Crippen LogP contribution in [0.2, 0.25) is 5.02 Å². The van der Waals surface area contributed by atoms with Crippen LogP contribution in [0.25, 0.3) is 0 Å². The Morgan fingerprint density at radius 2 is 1.70 bits per heavy atom. The zero-order chi connectivity index (χ0) is 20.2. The van der Waals surface area contributed by atoms with Crippen LogP contribution in [0.5, 0.6) is 5.75 Å². The van der Waals surface area contributed by atoms with Crippen LogP contribution in [-0.4, -0.2) is 39.9 Å². The van der Waals surface area contributed by atoms with E-state index in [1.54, 1.807) is 0 Å². The van der Waals surface area contributed by atoms with Crippen LogP contribution in [0.1, 0.15) is 43.4 Å². The van der Waals surface area contributed by atoms with Gasteiger partial charge in [0.15, 0.2) is 0 Å². The summed E-state index contributed by atoms with van der Waals surface area (Å²) in [5.41, 5.74) is 2.41. The van der Waals surface area contributed by atoms with Gasteiger partial charge < -0.3 is 20.1 Å². The number of halogens is 3. The molecule has 0 fully saturated rings. The van der Waals surface area contributed by atoms with Crippen molar-refractivity contribution in [2.24, 2.45) is 0 Å². The molecule has 0 aliphatic heterocycles. The van der Waals surface area contributed by atoms with Crippen molar-refractivity contribution in [3.05, 3.63) is 64.7 Å². The lowest BCUT2D eigenvalue weighted by Crippen LogP contribution is -2.27. The van der Waals surface area contributed by atoms with Gasteiger partial charge in [-0.25, -0.2) is 0 Å². The van der Waals surface area contributed by atoms with Crippen LogP contribution in [0.15, 0.2) is 48.5 Å². The smallest absolute Gasteiger partial charge is 0.119 e. The lowest BCUT2D eigenvalue weighted by molar-refractivity contribution is 0.0529. The average Bonchev–Trinajstić information content (AvgIpc) is 2.71. The number of rotatable bonds is 13. The summed E-state index contributed by atoms with van der Waals surface area (Å²) in [5, 5.41) is 7.38. The van der Waals surface area contributed by atoms with Crippen LogP contribution in [0.4, 0.5) is 0 Å². The fraction of sp³-hybridized carbons (Fsp3) is 0.478. The van der Waals surface area contributed by atoms with Gasteiger partial charge in [-0.2, -0.15) is 0 Å². The zero-order valence-electron chi connectivity index (χ0n) is 18.0. The molecule has 0 saturated heterocycles. The molecular formula is C23H35Cl3N2O2. The number of nitrogens with one attached hydrogen (secondary N) is 2. The fourth-order valence-corrected chi connectivity index (χ4v) is 3.15. The molecule has 0 radical (unpaired) electrons. The molecule has 7 heteroatoms. The predicted octanol–water partition coefficient (Wildman–Crippen LogP) is 5.64. The molecule has 0 spiro atoms. The van der Waals surface area contributed by atoms with Crippen molar-refractivity contribution in [2.75, 3.05) is 39.9 Å². The second kappa shape index (κ2) is 16.7. The standard InChI is InChI=1S/C23H33ClN2O2.2ClH/c1-4-13-28-23(20-6-5-7-21(24)15-20)17-26-16-18(2)19-8-10-22(11-9-19)27-14-12-25-3;;/h5-11,15,18,23,25-26H,4,12-14,16-17H2,1-3H3;2*1H. The van der Waals surface area contributed by atoms with E-state index in [1.807, 2.05) is 37.4 Å². The lowest BCUT2D eigenvalue weighted by atomic mass is 10.0. The first kappa shape index (κ1) is 29.0. The molecule has 4 nitrogen and oxygen atoms in total. The molecule has 0 saturated carbocycles. The minimum Gasteiger partial charge on any atom is -0.492 e. The Morgan fingerprint density at radius 1 is 0.967 bits per heavy atom. The second-order valence-electron chi connectivity index (χ2n) is 6.99. The molecule has 30 heavy (non-hydrogen) atoms. The van der Waals surface area contributed by atoms with Gasteiger partial charge in [-0.05, 0) is 54.8 Å². The van der Waals surface area contributed by atoms with Gasteiger partial charge in [-0.1, -0.05) is 49.7 Å². The highest BCUT2D eigenvalue weighted by molar-refractivity contribution is 6.30. The van der Waals surface area contributed by atoms with Crippen molar-refractivity contribution in [3.8, 4) is 5.75 Å². The van der Waals surface area contributed by atoms with Gasteiger partial charge in [0.25, 0.3) is 0 Å². The molecular weight excluding hydrogens is 443 g/mol. The Bertz CT molecular complexity index is 686. The third-order valence-electron chi connectivity index (χ3n) is 4.59. The molecule has 170 valence electrons. The van der Waals surface area contributed by atoms with Gasteiger partial charge in [-0.3, -0.25) is 0 Å². The molecule has 0 heterocycles. The normalized spacial score (nSPS) is 12.4. The van der Waals surface area contributed by atoms with E-state index in [1.165, 1.54) is 5.56 Å². The molecule has 2 atom stereocenters. The summed E-state index contributed by atoms with van der Waals surface area (Å²) in [5.74, 6) is 1.31. The Kier molecular flexibility index (Phi) is 16.1. The summed E-state index contributed by atoms with van der Waals surface area (Å²) in [6.07, 6.45) is 1.00. The van der Waals surface area contributed by atoms with E-state index >= 15 is 0 Å². The fourth-order valence-electron chi connectivity index (χ4n) is 2.95. The van der Waals surface area contributed by atoms with Gasteiger partial charge in [-0.15, -0.1) is 24.8 Å². The number of hydrogen-bond acceptors (Lipinski definition) is 4. The van der Waals surface area contributed by atoms with Crippen molar-refractivity contribution in [3.63, 3.8) is 0 Å². The first-order chi connectivity index (χ1) is 13.6. The van der Waals surface area contributed by atoms with E-state index in [0.29, 0.717) is 12.5 Å². The monoisotopic (exact) mass is 476 g/mol. The van der Waals surface area contributed by atoms with Crippen molar-refractivity contribution in [1.29, 1.82) is 0 Å². The first-order valence-corrected chi connectivity index (χ1v) is 10.5. The van der Waals surface area contributed by atoms with E-state index in [2.05, 4.69) is 42.7 Å². The number of hydrogen-bond donors (Lipinski definition) is 2. The van der Waals surface area contributed by atoms with Gasteiger partial charge in [0, 0.05) is 31.3 Å². The number of ether oxygens (including phenoxy) is 2. The average molecular weight is 478 g/mol. The van der Waals surface area contributed by atoms with Crippen LogP contribution >= 0.6 is 36.4 Å². The molecule has 0 aliphatic rings. The summed E-state index contributed by atoms with van der Waals surface area (Å²) in [6.45, 7) is 8.25. The molecule has 2 aromatic carbocycles. The lowest BCUT2D eigenvalue weighted by Gasteiger charge is -2.21. The molecule has 2 aromatic rings. The number of benzene rings is 2. The van der Waals surface area contributed by atoms with Crippen LogP contribution in [-0.2, 0) is 4.74 Å². The molecule has 2 N–H and O–H groups in total. The predicted molar refractivity (Wildman–Crippen MR) is 132 cm³/mol. The van der Waals surface area contributed by atoms with Gasteiger partial charge in [0.2, 0.25) is 0 Å². The summed E-state index contributed by atoms with van der Waals surface area (Å²) < 4.78 is 11.7. The van der Waals surface area contributed by atoms with Crippen molar-refractivity contribution < 1.29 is 9.47 Å². The summed E-state index contributed by atoms with van der Waals surface area (Å²) in [6, 6.07) is 16.3. The van der Waals surface area contributed by atoms with E-state index < -0.39 is 0 Å². The molecule has 0 amide bonds. The maximum atomic E-state index is 6.15. The van der Waals surface area contributed by atoms with Crippen molar-refractivity contribution in [1.82, 2.24) is 10.6 Å². The summed E-state index contributed by atoms with van der Waals surface area (Å²) >= 11 is 6.15. The third-order valence-corrected chi connectivity index (χ3v) is 4.83.